The van der Waals surface area contributed by atoms with Crippen molar-refractivity contribution in [2.75, 3.05) is 0 Å². The summed E-state index contributed by atoms with van der Waals surface area (Å²) in [5, 5.41) is 0. The Morgan fingerprint density at radius 3 is 0.400 bits per heavy atom. The monoisotopic (exact) mass is 450 g/mol. The molecular formula is BaO8W. The van der Waals surface area contributed by atoms with E-state index in [9.17, 15) is 0 Å². The van der Waals surface area contributed by atoms with E-state index < -0.39 is 0 Å². The zero-order valence-corrected chi connectivity index (χ0v) is 11.8. The van der Waals surface area contributed by atoms with E-state index in [1.807, 2.05) is 0 Å². The van der Waals surface area contributed by atoms with Gasteiger partial charge in [-0.2, -0.15) is 0 Å². The Morgan fingerprint density at radius 2 is 0.400 bits per heavy atom. The number of rotatable bonds is 0. The zero-order chi connectivity index (χ0) is 8.00. The first kappa shape index (κ1) is 45.8. The van der Waals surface area contributed by atoms with Gasteiger partial charge in [0.25, 0.3) is 0 Å². The van der Waals surface area contributed by atoms with Crippen molar-refractivity contribution < 1.29 is 21.1 Å². The topological polar surface area (TPSA) is 137 Å². The van der Waals surface area contributed by atoms with Crippen LogP contribution >= 0.6 is 0 Å². The molecule has 0 aliphatic heterocycles. The molecule has 0 saturated heterocycles. The smallest absolute Gasteiger partial charge is 0 e. The standard InChI is InChI=1S/Ba.4O2.W/c;4*1-2;. The summed E-state index contributed by atoms with van der Waals surface area (Å²) in [6.45, 7) is 0. The summed E-state index contributed by atoms with van der Waals surface area (Å²) in [7, 11) is 0. The van der Waals surface area contributed by atoms with Crippen LogP contribution in [-0.2, 0) is 21.1 Å². The van der Waals surface area contributed by atoms with Crippen molar-refractivity contribution in [3.05, 3.63) is 39.7 Å². The normalized spacial score (nSPS) is 1.60. The van der Waals surface area contributed by atoms with Gasteiger partial charge in [-0.15, -0.1) is 0 Å². The van der Waals surface area contributed by atoms with Crippen LogP contribution in [0.2, 0.25) is 0 Å². The van der Waals surface area contributed by atoms with Crippen LogP contribution in [0.1, 0.15) is 0 Å². The van der Waals surface area contributed by atoms with Crippen LogP contribution in [0.5, 0.6) is 0 Å². The van der Waals surface area contributed by atoms with Crippen LogP contribution in [0, 0.1) is 39.7 Å². The van der Waals surface area contributed by atoms with Gasteiger partial charge < -0.3 is 0 Å². The molecule has 0 aromatic heterocycles. The molecule has 8 nitrogen and oxygen atoms in total. The largest absolute Gasteiger partial charge is 0 e. The molecule has 0 bridgehead atoms. The second-order valence-electron chi connectivity index (χ2n) is 0. The Morgan fingerprint density at radius 1 is 0.400 bits per heavy atom. The summed E-state index contributed by atoms with van der Waals surface area (Å²) in [6.07, 6.45) is 0. The van der Waals surface area contributed by atoms with Gasteiger partial charge in [-0.05, 0) is 0 Å². The molecule has 0 fully saturated rings. The Labute approximate surface area is 108 Å². The Bertz CT molecular complexity index is 17.2. The Kier molecular flexibility index (Phi) is 7620. The average Bonchev–Trinajstić information content (AvgIpc) is 2.03. The molecule has 56 valence electrons. The summed E-state index contributed by atoms with van der Waals surface area (Å²) in [6, 6.07) is 0. The van der Waals surface area contributed by atoms with E-state index in [-0.39, 0.29) is 69.9 Å². The van der Waals surface area contributed by atoms with Gasteiger partial charge in [0, 0.05) is 110 Å². The molecule has 0 saturated carbocycles. The second-order valence-corrected chi connectivity index (χ2v) is 0. The van der Waals surface area contributed by atoms with E-state index >= 15 is 0 Å². The van der Waals surface area contributed by atoms with E-state index in [0.29, 0.717) is 0 Å². The zero-order valence-electron chi connectivity index (χ0n) is 4.38. The van der Waals surface area contributed by atoms with E-state index in [1.54, 1.807) is 0 Å². The number of hydrogen-bond acceptors (Lipinski definition) is 8. The fraction of sp³-hybridized carbons (Fsp3) is 0. The molecule has 0 aliphatic rings. The van der Waals surface area contributed by atoms with Gasteiger partial charge in [-0.1, -0.05) is 0 Å². The van der Waals surface area contributed by atoms with Gasteiger partial charge in [0.2, 0.25) is 0 Å². The van der Waals surface area contributed by atoms with Crippen molar-refractivity contribution in [1.82, 2.24) is 0 Å². The van der Waals surface area contributed by atoms with Gasteiger partial charge >= 0.3 is 0 Å². The SMILES string of the molecule is O=O.O=O.O=O.O=O.[Ba].[W]. The molecular weight excluding hydrogens is 449 g/mol. The maximum atomic E-state index is 7.00. The summed E-state index contributed by atoms with van der Waals surface area (Å²) >= 11 is 0. The third kappa shape index (κ3) is 1170. The fourth-order valence-corrected chi connectivity index (χ4v) is 0. The van der Waals surface area contributed by atoms with Crippen molar-refractivity contribution in [2.45, 2.75) is 0 Å². The molecule has 10 heteroatoms. The van der Waals surface area contributed by atoms with Crippen LogP contribution in [0.15, 0.2) is 0 Å². The maximum absolute atomic E-state index is 7.00. The van der Waals surface area contributed by atoms with Crippen molar-refractivity contribution in [3.8, 4) is 0 Å². The number of hydrogen-bond donors (Lipinski definition) is 0. The van der Waals surface area contributed by atoms with Crippen LogP contribution in [0.4, 0.5) is 0 Å². The van der Waals surface area contributed by atoms with Crippen LogP contribution in [-0.4, -0.2) is 48.9 Å². The summed E-state index contributed by atoms with van der Waals surface area (Å²) < 4.78 is 0. The average molecular weight is 449 g/mol. The molecule has 0 unspecified atom stereocenters. The van der Waals surface area contributed by atoms with Crippen molar-refractivity contribution in [2.24, 2.45) is 0 Å². The maximum Gasteiger partial charge on any atom is 0 e. The molecule has 0 N–H and O–H groups in total. The van der Waals surface area contributed by atoms with E-state index in [1.165, 1.54) is 0 Å². The third-order valence-corrected chi connectivity index (χ3v) is 0. The van der Waals surface area contributed by atoms with Crippen molar-refractivity contribution in [1.29, 1.82) is 0 Å². The second kappa shape index (κ2) is 1660. The van der Waals surface area contributed by atoms with Gasteiger partial charge in [0.1, 0.15) is 0 Å². The van der Waals surface area contributed by atoms with Gasteiger partial charge in [-0.3, -0.25) is 0 Å². The molecule has 0 spiro atoms. The minimum Gasteiger partial charge on any atom is 0 e. The van der Waals surface area contributed by atoms with Crippen LogP contribution in [0.3, 0.4) is 0 Å². The first-order chi connectivity index (χ1) is 4.00. The summed E-state index contributed by atoms with van der Waals surface area (Å²) in [5.41, 5.74) is 0. The fourth-order valence-electron chi connectivity index (χ4n) is 0. The molecule has 0 amide bonds. The Hall–Kier alpha value is 0.660. The Balaban J connectivity index is -0.00000000500. The molecule has 0 atom stereocenters. The molecule has 0 aromatic carbocycles. The van der Waals surface area contributed by atoms with Gasteiger partial charge in [0.15, 0.2) is 0 Å². The minimum atomic E-state index is 0. The predicted molar refractivity (Wildman–Crippen MR) is 32.7 cm³/mol. The molecule has 10 heavy (non-hydrogen) atoms. The first-order valence-electron chi connectivity index (χ1n) is 0.667. The minimum absolute atomic E-state index is 0. The van der Waals surface area contributed by atoms with Crippen molar-refractivity contribution >= 4 is 48.9 Å². The van der Waals surface area contributed by atoms with Gasteiger partial charge in [-0.25, -0.2) is 0 Å². The molecule has 0 aromatic rings. The molecule has 0 aliphatic carbocycles. The molecule has 0 heterocycles. The molecule has 2 radical (unpaired) electrons. The quantitative estimate of drug-likeness (QED) is 0.467. The predicted octanol–water partition coefficient (Wildman–Crippen LogP) is -0.115. The summed E-state index contributed by atoms with van der Waals surface area (Å²) in [4.78, 5) is 56.0. The first-order valence-corrected chi connectivity index (χ1v) is 0.667. The van der Waals surface area contributed by atoms with Crippen LogP contribution in [0.25, 0.3) is 0 Å². The van der Waals surface area contributed by atoms with E-state index in [4.69, 9.17) is 39.7 Å². The van der Waals surface area contributed by atoms with E-state index in [2.05, 4.69) is 0 Å². The van der Waals surface area contributed by atoms with Crippen LogP contribution < -0.4 is 0 Å². The van der Waals surface area contributed by atoms with Gasteiger partial charge in [0.05, 0.1) is 0 Å². The molecule has 0 rings (SSSR count). The summed E-state index contributed by atoms with van der Waals surface area (Å²) in [5.74, 6) is 0. The third-order valence-electron chi connectivity index (χ3n) is 0. The van der Waals surface area contributed by atoms with E-state index in [0.717, 1.165) is 0 Å². The van der Waals surface area contributed by atoms with Crippen molar-refractivity contribution in [3.63, 3.8) is 0 Å².